The number of alkyl carbamates (subject to hydrolysis) is 2. The molecular formula is C9H14N2O5. The molecule has 90 valence electrons. The highest BCUT2D eigenvalue weighted by Gasteiger charge is 2.32. The van der Waals surface area contributed by atoms with E-state index >= 15 is 0 Å². The minimum absolute atomic E-state index is 0.0561. The number of esters is 1. The molecule has 1 saturated heterocycles. The summed E-state index contributed by atoms with van der Waals surface area (Å²) in [5, 5.41) is 4.60. The van der Waals surface area contributed by atoms with E-state index in [2.05, 4.69) is 15.4 Å². The van der Waals surface area contributed by atoms with Crippen molar-refractivity contribution in [2.24, 2.45) is 0 Å². The van der Waals surface area contributed by atoms with Gasteiger partial charge < -0.3 is 20.1 Å². The molecule has 16 heavy (non-hydrogen) atoms. The summed E-state index contributed by atoms with van der Waals surface area (Å²) in [6, 6.07) is -0.847. The van der Waals surface area contributed by atoms with Crippen molar-refractivity contribution >= 4 is 18.2 Å². The van der Waals surface area contributed by atoms with Crippen molar-refractivity contribution in [3.05, 3.63) is 0 Å². The second-order valence-electron chi connectivity index (χ2n) is 4.29. The van der Waals surface area contributed by atoms with Crippen LogP contribution < -0.4 is 10.6 Å². The van der Waals surface area contributed by atoms with Gasteiger partial charge in [-0.25, -0.2) is 14.4 Å². The molecule has 0 aromatic rings. The normalized spacial score (nSPS) is 20.1. The fourth-order valence-electron chi connectivity index (χ4n) is 1.03. The molecule has 1 rings (SSSR count). The summed E-state index contributed by atoms with van der Waals surface area (Å²) in [6.45, 7) is 5.11. The maximum Gasteiger partial charge on any atom is 0.415 e. The van der Waals surface area contributed by atoms with Crippen LogP contribution in [-0.4, -0.2) is 36.3 Å². The number of carbonyl (C=O) groups excluding carboxylic acids is 3. The fourth-order valence-corrected chi connectivity index (χ4v) is 1.03. The Bertz CT molecular complexity index is 320. The number of ether oxygens (including phenoxy) is 2. The Labute approximate surface area is 92.5 Å². The molecule has 2 amide bonds. The van der Waals surface area contributed by atoms with Crippen LogP contribution in [0.2, 0.25) is 0 Å². The average Bonchev–Trinajstić information content (AvgIpc) is 2.38. The quantitative estimate of drug-likeness (QED) is 0.520. The van der Waals surface area contributed by atoms with E-state index in [-0.39, 0.29) is 6.54 Å². The zero-order valence-corrected chi connectivity index (χ0v) is 9.33. The van der Waals surface area contributed by atoms with Crippen LogP contribution in [-0.2, 0) is 14.3 Å². The number of nitrogens with one attached hydrogen (secondary N) is 2. The second-order valence-corrected chi connectivity index (χ2v) is 4.29. The van der Waals surface area contributed by atoms with Gasteiger partial charge >= 0.3 is 18.2 Å². The van der Waals surface area contributed by atoms with Crippen molar-refractivity contribution in [1.82, 2.24) is 10.6 Å². The highest BCUT2D eigenvalue weighted by atomic mass is 16.6. The first kappa shape index (κ1) is 12.3. The molecule has 1 atom stereocenters. The van der Waals surface area contributed by atoms with Gasteiger partial charge in [-0.2, -0.15) is 0 Å². The van der Waals surface area contributed by atoms with E-state index in [9.17, 15) is 14.4 Å². The smallest absolute Gasteiger partial charge is 0.415 e. The minimum Gasteiger partial charge on any atom is -0.444 e. The number of cyclic esters (lactones) is 2. The third kappa shape index (κ3) is 3.76. The summed E-state index contributed by atoms with van der Waals surface area (Å²) in [4.78, 5) is 32.8. The SMILES string of the molecule is CC(C)(C)OC(=O)NCC1NC(=O)OC1=O. The molecule has 0 bridgehead atoms. The van der Waals surface area contributed by atoms with Crippen LogP contribution in [0.5, 0.6) is 0 Å². The molecule has 1 heterocycles. The molecule has 2 N–H and O–H groups in total. The lowest BCUT2D eigenvalue weighted by Gasteiger charge is -2.20. The maximum absolute atomic E-state index is 11.2. The fraction of sp³-hybridized carbons (Fsp3) is 0.667. The predicted molar refractivity (Wildman–Crippen MR) is 52.6 cm³/mol. The van der Waals surface area contributed by atoms with Crippen LogP contribution in [0, 0.1) is 0 Å². The maximum atomic E-state index is 11.2. The first-order chi connectivity index (χ1) is 7.28. The van der Waals surface area contributed by atoms with E-state index in [0.29, 0.717) is 0 Å². The van der Waals surface area contributed by atoms with Crippen LogP contribution in [0.3, 0.4) is 0 Å². The molecule has 1 aliphatic heterocycles. The van der Waals surface area contributed by atoms with Gasteiger partial charge in [0.25, 0.3) is 0 Å². The van der Waals surface area contributed by atoms with E-state index in [4.69, 9.17) is 4.74 Å². The lowest BCUT2D eigenvalue weighted by Crippen LogP contribution is -2.43. The largest absolute Gasteiger partial charge is 0.444 e. The zero-order chi connectivity index (χ0) is 12.3. The second kappa shape index (κ2) is 4.38. The number of hydrogen-bond donors (Lipinski definition) is 2. The van der Waals surface area contributed by atoms with Gasteiger partial charge in [-0.15, -0.1) is 0 Å². The Morgan fingerprint density at radius 1 is 1.50 bits per heavy atom. The first-order valence-corrected chi connectivity index (χ1v) is 4.77. The lowest BCUT2D eigenvalue weighted by molar-refractivity contribution is -0.135. The van der Waals surface area contributed by atoms with Crippen LogP contribution >= 0.6 is 0 Å². The summed E-state index contributed by atoms with van der Waals surface area (Å²) in [5.41, 5.74) is -0.608. The van der Waals surface area contributed by atoms with Crippen molar-refractivity contribution in [3.8, 4) is 0 Å². The van der Waals surface area contributed by atoms with E-state index in [1.807, 2.05) is 0 Å². The molecular weight excluding hydrogens is 216 g/mol. The zero-order valence-electron chi connectivity index (χ0n) is 9.33. The molecule has 1 unspecified atom stereocenters. The molecule has 7 nitrogen and oxygen atoms in total. The molecule has 0 radical (unpaired) electrons. The summed E-state index contributed by atoms with van der Waals surface area (Å²) in [7, 11) is 0. The van der Waals surface area contributed by atoms with Crippen molar-refractivity contribution in [3.63, 3.8) is 0 Å². The highest BCUT2D eigenvalue weighted by molar-refractivity contribution is 5.95. The van der Waals surface area contributed by atoms with Gasteiger partial charge in [0.1, 0.15) is 11.6 Å². The van der Waals surface area contributed by atoms with Gasteiger partial charge in [-0.3, -0.25) is 0 Å². The third-order valence-corrected chi connectivity index (χ3v) is 1.62. The average molecular weight is 230 g/mol. The molecule has 0 aliphatic carbocycles. The van der Waals surface area contributed by atoms with Crippen molar-refractivity contribution in [1.29, 1.82) is 0 Å². The van der Waals surface area contributed by atoms with Crippen LogP contribution in [0.4, 0.5) is 9.59 Å². The van der Waals surface area contributed by atoms with Crippen LogP contribution in [0.15, 0.2) is 0 Å². The topological polar surface area (TPSA) is 93.7 Å². The van der Waals surface area contributed by atoms with Gasteiger partial charge in [0.05, 0.1) is 6.54 Å². The molecule has 0 spiro atoms. The Hall–Kier alpha value is -1.79. The molecule has 0 aromatic heterocycles. The predicted octanol–water partition coefficient (Wildman–Crippen LogP) is 0.146. The Morgan fingerprint density at radius 3 is 2.56 bits per heavy atom. The third-order valence-electron chi connectivity index (χ3n) is 1.62. The lowest BCUT2D eigenvalue weighted by atomic mass is 10.2. The minimum atomic E-state index is -0.847. The van der Waals surface area contributed by atoms with E-state index in [1.165, 1.54) is 0 Å². The van der Waals surface area contributed by atoms with Gasteiger partial charge in [0, 0.05) is 0 Å². The number of amides is 2. The van der Waals surface area contributed by atoms with E-state index in [0.717, 1.165) is 0 Å². The molecule has 1 fully saturated rings. The summed E-state index contributed by atoms with van der Waals surface area (Å²) >= 11 is 0. The molecule has 7 heteroatoms. The van der Waals surface area contributed by atoms with Crippen molar-refractivity contribution in [2.75, 3.05) is 6.54 Å². The molecule has 1 aliphatic rings. The van der Waals surface area contributed by atoms with Crippen molar-refractivity contribution < 1.29 is 23.9 Å². The van der Waals surface area contributed by atoms with Gasteiger partial charge in [0.2, 0.25) is 0 Å². The number of rotatable bonds is 2. The summed E-state index contributed by atoms with van der Waals surface area (Å²) in [6.07, 6.45) is -1.46. The first-order valence-electron chi connectivity index (χ1n) is 4.77. The Balaban J connectivity index is 2.32. The molecule has 0 saturated carbocycles. The van der Waals surface area contributed by atoms with Gasteiger partial charge in [-0.1, -0.05) is 0 Å². The molecule has 0 aromatic carbocycles. The van der Waals surface area contributed by atoms with Crippen LogP contribution in [0.25, 0.3) is 0 Å². The highest BCUT2D eigenvalue weighted by Crippen LogP contribution is 2.06. The van der Waals surface area contributed by atoms with Gasteiger partial charge in [-0.05, 0) is 20.8 Å². The monoisotopic (exact) mass is 230 g/mol. The van der Waals surface area contributed by atoms with E-state index in [1.54, 1.807) is 20.8 Å². The summed E-state index contributed by atoms with van der Waals surface area (Å²) in [5.74, 6) is -0.707. The summed E-state index contributed by atoms with van der Waals surface area (Å²) < 4.78 is 9.17. The van der Waals surface area contributed by atoms with Crippen molar-refractivity contribution in [2.45, 2.75) is 32.4 Å². The van der Waals surface area contributed by atoms with E-state index < -0.39 is 29.8 Å². The standard InChI is InChI=1S/C9H14N2O5/c1-9(2,3)16-7(13)10-4-5-6(12)15-8(14)11-5/h5H,4H2,1-3H3,(H,10,13)(H,11,14). The number of hydrogen-bond acceptors (Lipinski definition) is 5. The Morgan fingerprint density at radius 2 is 2.12 bits per heavy atom. The van der Waals surface area contributed by atoms with Crippen LogP contribution in [0.1, 0.15) is 20.8 Å². The Kier molecular flexibility index (Phi) is 3.36. The number of carbonyl (C=O) groups is 3. The van der Waals surface area contributed by atoms with Gasteiger partial charge in [0.15, 0.2) is 0 Å².